The zero-order valence-electron chi connectivity index (χ0n) is 5.13. The monoisotopic (exact) mass is 147 g/mol. The molecule has 1 aliphatic rings. The smallest absolute Gasteiger partial charge is 0.0794 e. The average Bonchev–Trinajstić information content (AvgIpc) is 1.78. The molecule has 0 saturated carbocycles. The zero-order valence-corrected chi connectivity index (χ0v) is 5.88. The number of likely N-dealkylation sites (tertiary alicyclic amines) is 1. The van der Waals surface area contributed by atoms with Crippen LogP contribution in [0.2, 0.25) is 0 Å². The first-order valence-electron chi connectivity index (χ1n) is 2.98. The molecule has 1 aliphatic heterocycles. The lowest BCUT2D eigenvalue weighted by molar-refractivity contribution is 0.00984. The van der Waals surface area contributed by atoms with Crippen molar-refractivity contribution in [1.82, 2.24) is 4.90 Å². The second-order valence-electron chi connectivity index (χ2n) is 2.23. The summed E-state index contributed by atoms with van der Waals surface area (Å²) in [6.45, 7) is 2.45. The zero-order chi connectivity index (χ0) is 6.69. The molecule has 0 unspecified atom stereocenters. The van der Waals surface area contributed by atoms with E-state index < -0.39 is 0 Å². The van der Waals surface area contributed by atoms with Crippen LogP contribution in [-0.2, 0) is 0 Å². The fourth-order valence-electron chi connectivity index (χ4n) is 0.881. The second-order valence-corrected chi connectivity index (χ2v) is 2.49. The molecule has 1 heterocycles. The van der Waals surface area contributed by atoms with Gasteiger partial charge in [0.15, 0.2) is 0 Å². The summed E-state index contributed by atoms with van der Waals surface area (Å²) in [7, 11) is 0. The minimum Gasteiger partial charge on any atom is -0.390 e. The molecule has 0 amide bonds. The maximum Gasteiger partial charge on any atom is 0.0794 e. The number of β-amino-alcohol motifs (C(OH)–C–C–N with tert-alkyl or cyclic N) is 1. The summed E-state index contributed by atoms with van der Waals surface area (Å²) < 4.78 is 0. The number of hydrogen-bond donors (Lipinski definition) is 1. The van der Waals surface area contributed by atoms with E-state index in [2.05, 4.69) is 4.90 Å². The molecule has 3 heteroatoms. The molecule has 0 radical (unpaired) electrons. The normalized spacial score (nSPS) is 22.9. The van der Waals surface area contributed by atoms with E-state index in [1.165, 1.54) is 5.54 Å². The predicted octanol–water partition coefficient (Wildman–Crippen LogP) is 0.415. The molecule has 0 bridgehead atoms. The van der Waals surface area contributed by atoms with Crippen LogP contribution in [0.4, 0.5) is 0 Å². The summed E-state index contributed by atoms with van der Waals surface area (Å²) in [6.07, 6.45) is 1.77. The highest BCUT2D eigenvalue weighted by Gasteiger charge is 2.22. The summed E-state index contributed by atoms with van der Waals surface area (Å²) in [5, 5.41) is 8.82. The highest BCUT2D eigenvalue weighted by atomic mass is 35.5. The lowest BCUT2D eigenvalue weighted by Crippen LogP contribution is -2.50. The Morgan fingerprint density at radius 3 is 2.78 bits per heavy atom. The van der Waals surface area contributed by atoms with Gasteiger partial charge in [-0.3, -0.25) is 4.90 Å². The summed E-state index contributed by atoms with van der Waals surface area (Å²) in [4.78, 5) is 2.11. The Morgan fingerprint density at radius 1 is 1.67 bits per heavy atom. The van der Waals surface area contributed by atoms with E-state index in [9.17, 15) is 0 Å². The van der Waals surface area contributed by atoms with Crippen LogP contribution >= 0.6 is 11.6 Å². The van der Waals surface area contributed by atoms with E-state index >= 15 is 0 Å². The van der Waals surface area contributed by atoms with Gasteiger partial charge in [0.2, 0.25) is 0 Å². The number of halogens is 1. The third kappa shape index (κ3) is 1.97. The van der Waals surface area contributed by atoms with Crippen LogP contribution in [0.15, 0.2) is 11.6 Å². The molecule has 1 rings (SSSR count). The third-order valence-electron chi connectivity index (χ3n) is 1.39. The van der Waals surface area contributed by atoms with Gasteiger partial charge in [-0.1, -0.05) is 17.7 Å². The van der Waals surface area contributed by atoms with Gasteiger partial charge in [0.1, 0.15) is 0 Å². The van der Waals surface area contributed by atoms with E-state index in [4.69, 9.17) is 16.7 Å². The molecule has 2 nitrogen and oxygen atoms in total. The SMILES string of the molecule is OC1CN(CC=CCl)C1. The summed E-state index contributed by atoms with van der Waals surface area (Å²) in [5.41, 5.74) is 1.50. The minimum atomic E-state index is -0.103. The molecule has 1 fully saturated rings. The number of aliphatic hydroxyl groups is 1. The van der Waals surface area contributed by atoms with Crippen molar-refractivity contribution in [2.45, 2.75) is 6.10 Å². The van der Waals surface area contributed by atoms with E-state index in [0.29, 0.717) is 0 Å². The molecule has 52 valence electrons. The van der Waals surface area contributed by atoms with Crippen molar-refractivity contribution in [3.05, 3.63) is 11.6 Å². The van der Waals surface area contributed by atoms with Crippen molar-refractivity contribution in [2.75, 3.05) is 19.6 Å². The Labute approximate surface area is 59.7 Å². The van der Waals surface area contributed by atoms with Gasteiger partial charge in [0.25, 0.3) is 0 Å². The molecule has 0 spiro atoms. The van der Waals surface area contributed by atoms with Crippen molar-refractivity contribution in [2.24, 2.45) is 0 Å². The van der Waals surface area contributed by atoms with Gasteiger partial charge >= 0.3 is 0 Å². The summed E-state index contributed by atoms with van der Waals surface area (Å²) >= 11 is 5.29. The highest BCUT2D eigenvalue weighted by molar-refractivity contribution is 6.25. The molecule has 0 aliphatic carbocycles. The van der Waals surface area contributed by atoms with Gasteiger partial charge in [-0.05, 0) is 0 Å². The van der Waals surface area contributed by atoms with Gasteiger partial charge in [-0.25, -0.2) is 0 Å². The van der Waals surface area contributed by atoms with Crippen molar-refractivity contribution in [1.29, 1.82) is 0 Å². The molecule has 0 atom stereocenters. The Balaban J connectivity index is 2.04. The van der Waals surface area contributed by atoms with E-state index in [1.807, 2.05) is 6.08 Å². The van der Waals surface area contributed by atoms with Crippen molar-refractivity contribution in [3.8, 4) is 0 Å². The maximum atomic E-state index is 8.82. The van der Waals surface area contributed by atoms with Crippen LogP contribution in [0, 0.1) is 0 Å². The Kier molecular flexibility index (Phi) is 2.51. The number of hydrogen-bond acceptors (Lipinski definition) is 2. The number of nitrogens with zero attached hydrogens (tertiary/aromatic N) is 1. The van der Waals surface area contributed by atoms with E-state index in [-0.39, 0.29) is 6.10 Å². The summed E-state index contributed by atoms with van der Waals surface area (Å²) in [5.74, 6) is 0. The molecule has 9 heavy (non-hydrogen) atoms. The van der Waals surface area contributed by atoms with E-state index in [1.54, 1.807) is 0 Å². The fraction of sp³-hybridized carbons (Fsp3) is 0.667. The Bertz CT molecular complexity index is 110. The first kappa shape index (κ1) is 7.06. The average molecular weight is 148 g/mol. The van der Waals surface area contributed by atoms with Crippen LogP contribution in [0.1, 0.15) is 0 Å². The van der Waals surface area contributed by atoms with Gasteiger partial charge in [-0.2, -0.15) is 0 Å². The van der Waals surface area contributed by atoms with Gasteiger partial charge < -0.3 is 5.11 Å². The lowest BCUT2D eigenvalue weighted by atomic mass is 10.2. The highest BCUT2D eigenvalue weighted by Crippen LogP contribution is 2.05. The molecule has 0 aromatic carbocycles. The standard InChI is InChI=1S/C6H10ClNO/c7-2-1-3-8-4-6(9)5-8/h1-2,6,9H,3-5H2. The maximum absolute atomic E-state index is 8.82. The van der Waals surface area contributed by atoms with Crippen LogP contribution < -0.4 is 0 Å². The first-order chi connectivity index (χ1) is 4.33. The Hall–Kier alpha value is -0.0500. The van der Waals surface area contributed by atoms with Crippen molar-refractivity contribution < 1.29 is 5.11 Å². The fourth-order valence-corrected chi connectivity index (χ4v) is 0.960. The van der Waals surface area contributed by atoms with Gasteiger partial charge in [0.05, 0.1) is 6.10 Å². The van der Waals surface area contributed by atoms with E-state index in [0.717, 1.165) is 19.6 Å². The topological polar surface area (TPSA) is 23.5 Å². The second kappa shape index (κ2) is 3.20. The van der Waals surface area contributed by atoms with Gasteiger partial charge in [-0.15, -0.1) is 0 Å². The van der Waals surface area contributed by atoms with Gasteiger partial charge in [0, 0.05) is 25.2 Å². The molecular formula is C6H10ClNO. The quantitative estimate of drug-likeness (QED) is 0.612. The lowest BCUT2D eigenvalue weighted by Gasteiger charge is -2.34. The molecule has 1 saturated heterocycles. The summed E-state index contributed by atoms with van der Waals surface area (Å²) in [6, 6.07) is 0. The molecule has 0 aromatic heterocycles. The third-order valence-corrected chi connectivity index (χ3v) is 1.57. The van der Waals surface area contributed by atoms with Crippen LogP contribution in [0.5, 0.6) is 0 Å². The van der Waals surface area contributed by atoms with Crippen molar-refractivity contribution >= 4 is 11.6 Å². The number of rotatable bonds is 2. The van der Waals surface area contributed by atoms with Crippen LogP contribution in [0.25, 0.3) is 0 Å². The minimum absolute atomic E-state index is 0.103. The Morgan fingerprint density at radius 2 is 2.33 bits per heavy atom. The molecule has 0 aromatic rings. The van der Waals surface area contributed by atoms with Crippen LogP contribution in [0.3, 0.4) is 0 Å². The molecule has 1 N–H and O–H groups in total. The first-order valence-corrected chi connectivity index (χ1v) is 3.42. The van der Waals surface area contributed by atoms with Crippen molar-refractivity contribution in [3.63, 3.8) is 0 Å². The number of aliphatic hydroxyl groups excluding tert-OH is 1. The van der Waals surface area contributed by atoms with Crippen LogP contribution in [-0.4, -0.2) is 35.7 Å². The molecular weight excluding hydrogens is 138 g/mol. The largest absolute Gasteiger partial charge is 0.390 e. The predicted molar refractivity (Wildman–Crippen MR) is 37.4 cm³/mol.